The van der Waals surface area contributed by atoms with Crippen molar-refractivity contribution in [3.05, 3.63) is 35.4 Å². The van der Waals surface area contributed by atoms with Crippen LogP contribution in [-0.4, -0.2) is 34.8 Å². The molecule has 1 saturated heterocycles. The highest BCUT2D eigenvalue weighted by molar-refractivity contribution is 6.09. The number of aryl methyl sites for hydroxylation is 1. The number of carbonyl (C=O) groups is 3. The van der Waals surface area contributed by atoms with E-state index in [-0.39, 0.29) is 23.8 Å². The van der Waals surface area contributed by atoms with E-state index in [1.807, 2.05) is 31.2 Å². The van der Waals surface area contributed by atoms with E-state index in [9.17, 15) is 14.4 Å². The molecule has 3 rings (SSSR count). The number of carbonyl (C=O) groups excluding carboxylic acids is 3. The van der Waals surface area contributed by atoms with Gasteiger partial charge in [0, 0.05) is 6.54 Å². The highest BCUT2D eigenvalue weighted by Gasteiger charge is 2.53. The first-order valence-corrected chi connectivity index (χ1v) is 10.6. The monoisotopic (exact) mass is 399 g/mol. The molecule has 0 radical (unpaired) electrons. The van der Waals surface area contributed by atoms with Gasteiger partial charge in [-0.1, -0.05) is 51.5 Å². The molecule has 0 aromatic heterocycles. The van der Waals surface area contributed by atoms with Crippen LogP contribution in [0, 0.1) is 18.3 Å². The van der Waals surface area contributed by atoms with Crippen LogP contribution in [0.2, 0.25) is 0 Å². The number of imide groups is 1. The molecule has 2 fully saturated rings. The summed E-state index contributed by atoms with van der Waals surface area (Å²) in [5.74, 6) is -0.0230. The van der Waals surface area contributed by atoms with Gasteiger partial charge in [-0.05, 0) is 55.1 Å². The zero-order valence-electron chi connectivity index (χ0n) is 18.0. The lowest BCUT2D eigenvalue weighted by atomic mass is 9.65. The summed E-state index contributed by atoms with van der Waals surface area (Å²) in [6, 6.07) is 7.36. The van der Waals surface area contributed by atoms with Gasteiger partial charge in [-0.2, -0.15) is 0 Å². The molecular weight excluding hydrogens is 366 g/mol. The van der Waals surface area contributed by atoms with E-state index in [4.69, 9.17) is 0 Å². The minimum Gasteiger partial charge on any atom is -0.350 e. The number of urea groups is 1. The minimum absolute atomic E-state index is 0.234. The van der Waals surface area contributed by atoms with E-state index in [2.05, 4.69) is 31.4 Å². The van der Waals surface area contributed by atoms with Gasteiger partial charge in [-0.3, -0.25) is 14.5 Å². The predicted octanol–water partition coefficient (Wildman–Crippen LogP) is 3.53. The van der Waals surface area contributed by atoms with Crippen LogP contribution in [0.15, 0.2) is 24.3 Å². The van der Waals surface area contributed by atoms with Gasteiger partial charge in [0.05, 0.1) is 0 Å². The van der Waals surface area contributed by atoms with Crippen molar-refractivity contribution in [3.63, 3.8) is 0 Å². The van der Waals surface area contributed by atoms with Gasteiger partial charge < -0.3 is 10.6 Å². The Morgan fingerprint density at radius 2 is 1.90 bits per heavy atom. The molecule has 1 heterocycles. The van der Waals surface area contributed by atoms with Crippen LogP contribution < -0.4 is 10.6 Å². The summed E-state index contributed by atoms with van der Waals surface area (Å²) in [6.07, 6.45) is 4.22. The quantitative estimate of drug-likeness (QED) is 0.719. The van der Waals surface area contributed by atoms with Crippen LogP contribution in [0.1, 0.15) is 64.0 Å². The van der Waals surface area contributed by atoms with Gasteiger partial charge in [0.25, 0.3) is 5.91 Å². The smallest absolute Gasteiger partial charge is 0.325 e. The maximum atomic E-state index is 13.0. The third kappa shape index (κ3) is 4.31. The Hall–Kier alpha value is -2.37. The van der Waals surface area contributed by atoms with E-state index in [1.165, 1.54) is 0 Å². The molecule has 0 bridgehead atoms. The normalized spacial score (nSPS) is 24.7. The number of benzene rings is 1. The highest BCUT2D eigenvalue weighted by atomic mass is 16.2. The molecule has 0 atom stereocenters. The van der Waals surface area contributed by atoms with Gasteiger partial charge >= 0.3 is 6.03 Å². The fourth-order valence-electron chi connectivity index (χ4n) is 4.54. The van der Waals surface area contributed by atoms with E-state index >= 15 is 0 Å². The molecule has 2 aliphatic rings. The van der Waals surface area contributed by atoms with Crippen molar-refractivity contribution in [1.29, 1.82) is 0 Å². The summed E-state index contributed by atoms with van der Waals surface area (Å²) < 4.78 is 0. The largest absolute Gasteiger partial charge is 0.350 e. The van der Waals surface area contributed by atoms with Crippen LogP contribution in [-0.2, 0) is 16.1 Å². The van der Waals surface area contributed by atoms with Crippen molar-refractivity contribution < 1.29 is 14.4 Å². The summed E-state index contributed by atoms with van der Waals surface area (Å²) in [5.41, 5.74) is 1.52. The number of nitrogens with zero attached hydrogens (tertiary/aromatic N) is 1. The van der Waals surface area contributed by atoms with Gasteiger partial charge in [0.1, 0.15) is 12.1 Å². The standard InChI is InChI=1S/C23H33N3O3/c1-5-22(3,4)18-10-12-23(13-11-18)20(28)26(21(29)25-23)15-19(27)24-14-17-9-7-6-8-16(17)2/h6-9,18H,5,10-15H2,1-4H3,(H,24,27)(H,25,29). The Balaban J connectivity index is 1.58. The summed E-state index contributed by atoms with van der Waals surface area (Å²) in [6.45, 7) is 8.88. The van der Waals surface area contributed by atoms with Gasteiger partial charge in [-0.15, -0.1) is 0 Å². The van der Waals surface area contributed by atoms with Gasteiger partial charge in [0.2, 0.25) is 5.91 Å². The number of nitrogens with one attached hydrogen (secondary N) is 2. The van der Waals surface area contributed by atoms with Crippen molar-refractivity contribution in [2.24, 2.45) is 11.3 Å². The van der Waals surface area contributed by atoms with Crippen molar-refractivity contribution >= 4 is 17.8 Å². The molecule has 0 unspecified atom stereocenters. The van der Waals surface area contributed by atoms with Crippen LogP contribution in [0.3, 0.4) is 0 Å². The van der Waals surface area contributed by atoms with E-state index < -0.39 is 11.6 Å². The maximum absolute atomic E-state index is 13.0. The Morgan fingerprint density at radius 3 is 2.52 bits per heavy atom. The number of amides is 4. The molecule has 6 heteroatoms. The SMILES string of the molecule is CCC(C)(C)C1CCC2(CC1)NC(=O)N(CC(=O)NCc1ccccc1C)C2=O. The second-order valence-corrected chi connectivity index (χ2v) is 9.22. The predicted molar refractivity (Wildman–Crippen MR) is 112 cm³/mol. The molecule has 2 N–H and O–H groups in total. The molecule has 158 valence electrons. The third-order valence-corrected chi connectivity index (χ3v) is 7.14. The molecule has 4 amide bonds. The van der Waals surface area contributed by atoms with Crippen LogP contribution >= 0.6 is 0 Å². The molecule has 1 aliphatic heterocycles. The van der Waals surface area contributed by atoms with E-state index in [0.29, 0.717) is 25.3 Å². The number of hydrogen-bond acceptors (Lipinski definition) is 3. The van der Waals surface area contributed by atoms with Gasteiger partial charge in [0.15, 0.2) is 0 Å². The van der Waals surface area contributed by atoms with Crippen LogP contribution in [0.5, 0.6) is 0 Å². The van der Waals surface area contributed by atoms with Gasteiger partial charge in [-0.25, -0.2) is 4.79 Å². The first-order chi connectivity index (χ1) is 13.7. The van der Waals surface area contributed by atoms with Crippen molar-refractivity contribution in [2.75, 3.05) is 6.54 Å². The lowest BCUT2D eigenvalue weighted by Crippen LogP contribution is -2.51. The zero-order chi connectivity index (χ0) is 21.2. The molecule has 1 aromatic rings. The molecular formula is C23H33N3O3. The van der Waals surface area contributed by atoms with Crippen molar-refractivity contribution in [3.8, 4) is 0 Å². The van der Waals surface area contributed by atoms with E-state index in [1.54, 1.807) is 0 Å². The summed E-state index contributed by atoms with van der Waals surface area (Å²) in [4.78, 5) is 39.0. The Bertz CT molecular complexity index is 794. The summed E-state index contributed by atoms with van der Waals surface area (Å²) in [5, 5.41) is 5.73. The lowest BCUT2D eigenvalue weighted by molar-refractivity contribution is -0.136. The molecule has 1 aliphatic carbocycles. The molecule has 1 saturated carbocycles. The second kappa shape index (κ2) is 8.17. The summed E-state index contributed by atoms with van der Waals surface area (Å²) >= 11 is 0. The topological polar surface area (TPSA) is 78.5 Å². The fraction of sp³-hybridized carbons (Fsp3) is 0.609. The van der Waals surface area contributed by atoms with E-state index in [0.717, 1.165) is 35.3 Å². The van der Waals surface area contributed by atoms with Crippen LogP contribution in [0.25, 0.3) is 0 Å². The first-order valence-electron chi connectivity index (χ1n) is 10.6. The Labute approximate surface area is 173 Å². The maximum Gasteiger partial charge on any atom is 0.325 e. The minimum atomic E-state index is -0.826. The second-order valence-electron chi connectivity index (χ2n) is 9.22. The average Bonchev–Trinajstić information content (AvgIpc) is 2.92. The third-order valence-electron chi connectivity index (χ3n) is 7.14. The lowest BCUT2D eigenvalue weighted by Gasteiger charge is -2.42. The van der Waals surface area contributed by atoms with Crippen molar-refractivity contribution in [2.45, 2.75) is 71.9 Å². The van der Waals surface area contributed by atoms with Crippen LogP contribution in [0.4, 0.5) is 4.79 Å². The Morgan fingerprint density at radius 1 is 1.24 bits per heavy atom. The average molecular weight is 400 g/mol. The molecule has 1 spiro atoms. The summed E-state index contributed by atoms with van der Waals surface area (Å²) in [7, 11) is 0. The highest BCUT2D eigenvalue weighted by Crippen LogP contribution is 2.45. The van der Waals surface area contributed by atoms with Crippen molar-refractivity contribution in [1.82, 2.24) is 15.5 Å². The Kier molecular flexibility index (Phi) is 6.01. The number of hydrogen-bond donors (Lipinski definition) is 2. The molecule has 6 nitrogen and oxygen atoms in total. The molecule has 29 heavy (non-hydrogen) atoms. The first kappa shape index (κ1) is 21.3. The molecule has 1 aromatic carbocycles. The zero-order valence-corrected chi connectivity index (χ0v) is 18.0. The fourth-order valence-corrected chi connectivity index (χ4v) is 4.54. The number of rotatable bonds is 6.